The first-order valence-electron chi connectivity index (χ1n) is 8.43. The van der Waals surface area contributed by atoms with E-state index in [4.69, 9.17) is 4.74 Å². The van der Waals surface area contributed by atoms with Gasteiger partial charge in [0, 0.05) is 39.8 Å². The number of rotatable bonds is 6. The summed E-state index contributed by atoms with van der Waals surface area (Å²) in [5.41, 5.74) is 3.03. The molecule has 2 rings (SSSR count). The standard InChI is InChI=1S/C20H26N4O2/c1-15(25)23-18-7-5-6-17(12-18)13-22-20(21-2)24(3)14-16-8-10-19(26-4)11-9-16/h5-12H,13-14H2,1-4H3,(H,21,22)(H,23,25). The lowest BCUT2D eigenvalue weighted by Gasteiger charge is -2.22. The highest BCUT2D eigenvalue weighted by Gasteiger charge is 2.07. The van der Waals surface area contributed by atoms with Crippen molar-refractivity contribution in [3.8, 4) is 5.75 Å². The molecule has 0 aromatic heterocycles. The van der Waals surface area contributed by atoms with E-state index in [2.05, 4.69) is 20.5 Å². The average Bonchev–Trinajstić information content (AvgIpc) is 2.62. The predicted molar refractivity (Wildman–Crippen MR) is 105 cm³/mol. The van der Waals surface area contributed by atoms with Crippen molar-refractivity contribution in [2.45, 2.75) is 20.0 Å². The Kier molecular flexibility index (Phi) is 7.02. The summed E-state index contributed by atoms with van der Waals surface area (Å²) in [6.45, 7) is 2.85. The Bertz CT molecular complexity index is 757. The van der Waals surface area contributed by atoms with Crippen LogP contribution in [0.4, 0.5) is 5.69 Å². The van der Waals surface area contributed by atoms with Gasteiger partial charge in [-0.3, -0.25) is 9.79 Å². The summed E-state index contributed by atoms with van der Waals surface area (Å²) in [7, 11) is 5.42. The smallest absolute Gasteiger partial charge is 0.221 e. The molecule has 0 spiro atoms. The normalized spacial score (nSPS) is 11.0. The SMILES string of the molecule is CN=C(NCc1cccc(NC(C)=O)c1)N(C)Cc1ccc(OC)cc1. The van der Waals surface area contributed by atoms with E-state index in [1.807, 2.05) is 55.6 Å². The molecule has 0 saturated heterocycles. The number of methoxy groups -OCH3 is 1. The zero-order valence-electron chi connectivity index (χ0n) is 15.7. The third kappa shape index (κ3) is 5.81. The molecule has 6 heteroatoms. The molecule has 26 heavy (non-hydrogen) atoms. The summed E-state index contributed by atoms with van der Waals surface area (Å²) in [4.78, 5) is 17.6. The molecule has 2 aromatic rings. The van der Waals surface area contributed by atoms with Crippen LogP contribution < -0.4 is 15.4 Å². The van der Waals surface area contributed by atoms with Crippen LogP contribution in [-0.2, 0) is 17.9 Å². The summed E-state index contributed by atoms with van der Waals surface area (Å²) < 4.78 is 5.19. The molecule has 1 amide bonds. The fourth-order valence-corrected chi connectivity index (χ4v) is 2.61. The number of hydrogen-bond acceptors (Lipinski definition) is 3. The van der Waals surface area contributed by atoms with Crippen LogP contribution in [-0.4, -0.2) is 38.0 Å². The molecule has 2 aromatic carbocycles. The molecule has 0 unspecified atom stereocenters. The van der Waals surface area contributed by atoms with Crippen LogP contribution in [0.25, 0.3) is 0 Å². The Morgan fingerprint density at radius 1 is 1.15 bits per heavy atom. The number of hydrogen-bond donors (Lipinski definition) is 2. The topological polar surface area (TPSA) is 66.0 Å². The number of anilines is 1. The summed E-state index contributed by atoms with van der Waals surface area (Å²) in [6, 6.07) is 15.7. The van der Waals surface area contributed by atoms with E-state index in [0.29, 0.717) is 6.54 Å². The summed E-state index contributed by atoms with van der Waals surface area (Å²) in [5.74, 6) is 1.56. The number of nitrogens with zero attached hydrogens (tertiary/aromatic N) is 2. The number of benzene rings is 2. The minimum absolute atomic E-state index is 0.0786. The van der Waals surface area contributed by atoms with Gasteiger partial charge in [-0.15, -0.1) is 0 Å². The molecule has 0 fully saturated rings. The van der Waals surface area contributed by atoms with Crippen LogP contribution in [0.2, 0.25) is 0 Å². The molecule has 2 N–H and O–H groups in total. The van der Waals surface area contributed by atoms with Gasteiger partial charge in [-0.25, -0.2) is 0 Å². The monoisotopic (exact) mass is 354 g/mol. The van der Waals surface area contributed by atoms with Gasteiger partial charge in [-0.2, -0.15) is 0 Å². The second-order valence-electron chi connectivity index (χ2n) is 5.99. The van der Waals surface area contributed by atoms with Gasteiger partial charge in [-0.05, 0) is 35.4 Å². The van der Waals surface area contributed by atoms with E-state index < -0.39 is 0 Å². The van der Waals surface area contributed by atoms with Crippen LogP contribution in [0.5, 0.6) is 5.75 Å². The van der Waals surface area contributed by atoms with E-state index in [0.717, 1.165) is 29.5 Å². The molecule has 0 heterocycles. The second-order valence-corrected chi connectivity index (χ2v) is 5.99. The minimum Gasteiger partial charge on any atom is -0.497 e. The highest BCUT2D eigenvalue weighted by molar-refractivity contribution is 5.88. The van der Waals surface area contributed by atoms with Crippen molar-refractivity contribution in [3.05, 3.63) is 59.7 Å². The number of guanidine groups is 1. The molecule has 0 bridgehead atoms. The van der Waals surface area contributed by atoms with Gasteiger partial charge in [0.25, 0.3) is 0 Å². The maximum atomic E-state index is 11.2. The van der Waals surface area contributed by atoms with Gasteiger partial charge in [0.1, 0.15) is 5.75 Å². The molecule has 0 radical (unpaired) electrons. The summed E-state index contributed by atoms with van der Waals surface area (Å²) in [6.07, 6.45) is 0. The fourth-order valence-electron chi connectivity index (χ4n) is 2.61. The molecule has 0 aliphatic rings. The number of carbonyl (C=O) groups is 1. The lowest BCUT2D eigenvalue weighted by Crippen LogP contribution is -2.38. The summed E-state index contributed by atoms with van der Waals surface area (Å²) in [5, 5.41) is 6.14. The molecule has 6 nitrogen and oxygen atoms in total. The van der Waals surface area contributed by atoms with E-state index >= 15 is 0 Å². The molecule has 0 saturated carbocycles. The van der Waals surface area contributed by atoms with Gasteiger partial charge in [-0.1, -0.05) is 24.3 Å². The summed E-state index contributed by atoms with van der Waals surface area (Å²) >= 11 is 0. The number of carbonyl (C=O) groups excluding carboxylic acids is 1. The maximum absolute atomic E-state index is 11.2. The Labute approximate surface area is 154 Å². The van der Waals surface area contributed by atoms with Crippen molar-refractivity contribution >= 4 is 17.6 Å². The molecule has 0 aliphatic carbocycles. The third-order valence-electron chi connectivity index (χ3n) is 3.85. The first-order valence-corrected chi connectivity index (χ1v) is 8.43. The molecular formula is C20H26N4O2. The van der Waals surface area contributed by atoms with Crippen molar-refractivity contribution in [2.24, 2.45) is 4.99 Å². The van der Waals surface area contributed by atoms with Crippen LogP contribution >= 0.6 is 0 Å². The largest absolute Gasteiger partial charge is 0.497 e. The van der Waals surface area contributed by atoms with Crippen molar-refractivity contribution in [1.29, 1.82) is 0 Å². The third-order valence-corrected chi connectivity index (χ3v) is 3.85. The maximum Gasteiger partial charge on any atom is 0.221 e. The van der Waals surface area contributed by atoms with Crippen molar-refractivity contribution in [2.75, 3.05) is 26.5 Å². The number of ether oxygens (including phenoxy) is 1. The van der Waals surface area contributed by atoms with Crippen LogP contribution in [0.1, 0.15) is 18.1 Å². The highest BCUT2D eigenvalue weighted by atomic mass is 16.5. The Balaban J connectivity index is 1.94. The van der Waals surface area contributed by atoms with Gasteiger partial charge in [0.2, 0.25) is 5.91 Å². The van der Waals surface area contributed by atoms with Crippen molar-refractivity contribution in [3.63, 3.8) is 0 Å². The van der Waals surface area contributed by atoms with E-state index in [1.165, 1.54) is 12.5 Å². The number of amides is 1. The first-order chi connectivity index (χ1) is 12.5. The molecule has 0 aliphatic heterocycles. The Hall–Kier alpha value is -3.02. The zero-order valence-corrected chi connectivity index (χ0v) is 15.7. The van der Waals surface area contributed by atoms with Crippen LogP contribution in [0, 0.1) is 0 Å². The highest BCUT2D eigenvalue weighted by Crippen LogP contribution is 2.13. The first kappa shape index (κ1) is 19.3. The second kappa shape index (κ2) is 9.46. The van der Waals surface area contributed by atoms with Gasteiger partial charge in [0.15, 0.2) is 5.96 Å². The quantitative estimate of drug-likeness (QED) is 0.618. The van der Waals surface area contributed by atoms with Crippen molar-refractivity contribution < 1.29 is 9.53 Å². The van der Waals surface area contributed by atoms with Crippen molar-refractivity contribution in [1.82, 2.24) is 10.2 Å². The van der Waals surface area contributed by atoms with Crippen LogP contribution in [0.3, 0.4) is 0 Å². The Morgan fingerprint density at radius 2 is 1.88 bits per heavy atom. The zero-order chi connectivity index (χ0) is 18.9. The molecule has 138 valence electrons. The van der Waals surface area contributed by atoms with E-state index in [-0.39, 0.29) is 5.91 Å². The molecule has 0 atom stereocenters. The average molecular weight is 354 g/mol. The lowest BCUT2D eigenvalue weighted by atomic mass is 10.2. The minimum atomic E-state index is -0.0786. The van der Waals surface area contributed by atoms with Crippen LogP contribution in [0.15, 0.2) is 53.5 Å². The van der Waals surface area contributed by atoms with Gasteiger partial charge in [0.05, 0.1) is 7.11 Å². The number of aliphatic imine (C=N–C) groups is 1. The van der Waals surface area contributed by atoms with Gasteiger partial charge >= 0.3 is 0 Å². The van der Waals surface area contributed by atoms with Gasteiger partial charge < -0.3 is 20.3 Å². The predicted octanol–water partition coefficient (Wildman–Crippen LogP) is 2.86. The molecular weight excluding hydrogens is 328 g/mol. The lowest BCUT2D eigenvalue weighted by molar-refractivity contribution is -0.114. The van der Waals surface area contributed by atoms with E-state index in [9.17, 15) is 4.79 Å². The Morgan fingerprint density at radius 3 is 2.50 bits per heavy atom. The van der Waals surface area contributed by atoms with E-state index in [1.54, 1.807) is 14.2 Å². The fraction of sp³-hybridized carbons (Fsp3) is 0.300. The number of nitrogens with one attached hydrogen (secondary N) is 2.